The van der Waals surface area contributed by atoms with Gasteiger partial charge in [0.05, 0.1) is 5.92 Å². The maximum Gasteiger partial charge on any atom is 0.321 e. The molecule has 1 fully saturated rings. The molecule has 1 aliphatic rings. The summed E-state index contributed by atoms with van der Waals surface area (Å²) in [6, 6.07) is 14.2. The molecule has 0 bridgehead atoms. The van der Waals surface area contributed by atoms with Gasteiger partial charge in [0, 0.05) is 34.4 Å². The zero-order valence-corrected chi connectivity index (χ0v) is 16.5. The second-order valence-corrected chi connectivity index (χ2v) is 7.57. The summed E-state index contributed by atoms with van der Waals surface area (Å²) in [6.07, 6.45) is 1.75. The van der Waals surface area contributed by atoms with Crippen molar-refractivity contribution in [3.63, 3.8) is 0 Å². The molecule has 0 aliphatic carbocycles. The Hall–Kier alpha value is -2.57. The van der Waals surface area contributed by atoms with Crippen molar-refractivity contribution >= 4 is 34.9 Å². The van der Waals surface area contributed by atoms with Gasteiger partial charge in [0.1, 0.15) is 0 Å². The lowest BCUT2D eigenvalue weighted by molar-refractivity contribution is 0.184. The molecule has 2 heterocycles. The van der Waals surface area contributed by atoms with E-state index in [0.717, 1.165) is 18.4 Å². The Kier molecular flexibility index (Phi) is 5.50. The van der Waals surface area contributed by atoms with Gasteiger partial charge in [0.2, 0.25) is 11.7 Å². The highest BCUT2D eigenvalue weighted by molar-refractivity contribution is 6.31. The van der Waals surface area contributed by atoms with Crippen molar-refractivity contribution in [3.05, 3.63) is 64.5 Å². The van der Waals surface area contributed by atoms with Gasteiger partial charge in [-0.3, -0.25) is 0 Å². The first-order valence-electron chi connectivity index (χ1n) is 8.99. The second kappa shape index (κ2) is 8.20. The van der Waals surface area contributed by atoms with Crippen LogP contribution in [0, 0.1) is 0 Å². The molecule has 1 aliphatic heterocycles. The number of benzene rings is 2. The zero-order valence-electron chi connectivity index (χ0n) is 14.9. The third-order valence-electron chi connectivity index (χ3n) is 4.66. The second-order valence-electron chi connectivity index (χ2n) is 6.69. The van der Waals surface area contributed by atoms with Crippen LogP contribution in [-0.4, -0.2) is 34.2 Å². The number of carbonyl (C=O) groups excluding carboxylic acids is 1. The Morgan fingerprint density at radius 1 is 1.14 bits per heavy atom. The van der Waals surface area contributed by atoms with Crippen LogP contribution in [0.3, 0.4) is 0 Å². The van der Waals surface area contributed by atoms with Gasteiger partial charge < -0.3 is 14.7 Å². The summed E-state index contributed by atoms with van der Waals surface area (Å²) in [5.41, 5.74) is 1.47. The number of likely N-dealkylation sites (tertiary alicyclic amines) is 1. The number of rotatable bonds is 3. The van der Waals surface area contributed by atoms with Crippen LogP contribution in [0.5, 0.6) is 0 Å². The number of nitrogens with zero attached hydrogens (tertiary/aromatic N) is 3. The number of anilines is 1. The van der Waals surface area contributed by atoms with Crippen LogP contribution in [0.15, 0.2) is 53.1 Å². The molecule has 1 atom stereocenters. The average Bonchev–Trinajstić information content (AvgIpc) is 3.18. The standard InChI is InChI=1S/C20H18Cl2N4O2/c21-15-6-1-4-13(10-15)18-24-19(28-25-18)14-5-3-9-26(12-14)20(27)23-17-8-2-7-16(22)11-17/h1-2,4,6-8,10-11,14H,3,5,9,12H2,(H,23,27). The van der Waals surface area contributed by atoms with Gasteiger partial charge in [-0.25, -0.2) is 4.79 Å². The molecule has 1 unspecified atom stereocenters. The molecular formula is C20H18Cl2N4O2. The number of hydrogen-bond acceptors (Lipinski definition) is 4. The first-order chi connectivity index (χ1) is 13.6. The van der Waals surface area contributed by atoms with E-state index < -0.39 is 0 Å². The predicted octanol–water partition coefficient (Wildman–Crippen LogP) is 5.45. The summed E-state index contributed by atoms with van der Waals surface area (Å²) in [4.78, 5) is 18.9. The SMILES string of the molecule is O=C(Nc1cccc(Cl)c1)N1CCCC(c2nc(-c3cccc(Cl)c3)no2)C1. The van der Waals surface area contributed by atoms with Crippen molar-refractivity contribution in [2.75, 3.05) is 18.4 Å². The van der Waals surface area contributed by atoms with Crippen molar-refractivity contribution in [1.82, 2.24) is 15.0 Å². The molecule has 28 heavy (non-hydrogen) atoms. The number of halogens is 2. The minimum Gasteiger partial charge on any atom is -0.339 e. The fraction of sp³-hybridized carbons (Fsp3) is 0.250. The number of carbonyl (C=O) groups is 1. The van der Waals surface area contributed by atoms with E-state index in [1.165, 1.54) is 0 Å². The maximum absolute atomic E-state index is 12.6. The Bertz CT molecular complexity index is 992. The molecule has 3 aromatic rings. The molecule has 1 aromatic heterocycles. The first kappa shape index (κ1) is 18.8. The van der Waals surface area contributed by atoms with Crippen molar-refractivity contribution in [3.8, 4) is 11.4 Å². The first-order valence-corrected chi connectivity index (χ1v) is 9.75. The highest BCUT2D eigenvalue weighted by Gasteiger charge is 2.28. The molecule has 144 valence electrons. The maximum atomic E-state index is 12.6. The van der Waals surface area contributed by atoms with Crippen LogP contribution >= 0.6 is 23.2 Å². The molecule has 2 amide bonds. The van der Waals surface area contributed by atoms with Crippen LogP contribution in [-0.2, 0) is 0 Å². The third-order valence-corrected chi connectivity index (χ3v) is 5.13. The number of urea groups is 1. The number of amides is 2. The average molecular weight is 417 g/mol. The molecule has 4 rings (SSSR count). The highest BCUT2D eigenvalue weighted by atomic mass is 35.5. The van der Waals surface area contributed by atoms with E-state index in [1.807, 2.05) is 12.1 Å². The Morgan fingerprint density at radius 2 is 1.93 bits per heavy atom. The Balaban J connectivity index is 1.44. The monoisotopic (exact) mass is 416 g/mol. The lowest BCUT2D eigenvalue weighted by Gasteiger charge is -2.31. The minimum atomic E-state index is -0.165. The summed E-state index contributed by atoms with van der Waals surface area (Å²) >= 11 is 12.0. The van der Waals surface area contributed by atoms with E-state index in [1.54, 1.807) is 41.3 Å². The quantitative estimate of drug-likeness (QED) is 0.615. The molecule has 1 N–H and O–H groups in total. The molecule has 0 saturated carbocycles. The van der Waals surface area contributed by atoms with Crippen LogP contribution in [0.4, 0.5) is 10.5 Å². The zero-order chi connectivity index (χ0) is 19.5. The lowest BCUT2D eigenvalue weighted by Crippen LogP contribution is -2.41. The van der Waals surface area contributed by atoms with Crippen LogP contribution < -0.4 is 5.32 Å². The minimum absolute atomic E-state index is 0.000652. The fourth-order valence-electron chi connectivity index (χ4n) is 3.28. The van der Waals surface area contributed by atoms with E-state index in [9.17, 15) is 4.79 Å². The number of nitrogens with one attached hydrogen (secondary N) is 1. The van der Waals surface area contributed by atoms with Gasteiger partial charge in [-0.05, 0) is 43.2 Å². The third kappa shape index (κ3) is 4.29. The van der Waals surface area contributed by atoms with Crippen molar-refractivity contribution in [1.29, 1.82) is 0 Å². The highest BCUT2D eigenvalue weighted by Crippen LogP contribution is 2.28. The van der Waals surface area contributed by atoms with Gasteiger partial charge in [0.25, 0.3) is 0 Å². The largest absolute Gasteiger partial charge is 0.339 e. The van der Waals surface area contributed by atoms with Gasteiger partial charge in [0.15, 0.2) is 0 Å². The summed E-state index contributed by atoms with van der Waals surface area (Å²) < 4.78 is 5.48. The predicted molar refractivity (Wildman–Crippen MR) is 109 cm³/mol. The smallest absolute Gasteiger partial charge is 0.321 e. The van der Waals surface area contributed by atoms with E-state index >= 15 is 0 Å². The van der Waals surface area contributed by atoms with E-state index in [0.29, 0.717) is 40.5 Å². The van der Waals surface area contributed by atoms with Crippen LogP contribution in [0.25, 0.3) is 11.4 Å². The van der Waals surface area contributed by atoms with Crippen LogP contribution in [0.1, 0.15) is 24.7 Å². The molecular weight excluding hydrogens is 399 g/mol. The fourth-order valence-corrected chi connectivity index (χ4v) is 3.66. The number of aromatic nitrogens is 2. The summed E-state index contributed by atoms with van der Waals surface area (Å²) in [5.74, 6) is 1.03. The summed E-state index contributed by atoms with van der Waals surface area (Å²) in [7, 11) is 0. The van der Waals surface area contributed by atoms with Crippen molar-refractivity contribution in [2.45, 2.75) is 18.8 Å². The number of piperidine rings is 1. The normalized spacial score (nSPS) is 16.8. The number of hydrogen-bond donors (Lipinski definition) is 1. The molecule has 0 radical (unpaired) electrons. The molecule has 6 nitrogen and oxygen atoms in total. The molecule has 0 spiro atoms. The van der Waals surface area contributed by atoms with Crippen LogP contribution in [0.2, 0.25) is 10.0 Å². The van der Waals surface area contributed by atoms with Crippen molar-refractivity contribution < 1.29 is 9.32 Å². The lowest BCUT2D eigenvalue weighted by atomic mass is 9.98. The Labute approximate surface area is 172 Å². The van der Waals surface area contributed by atoms with Gasteiger partial charge in [-0.1, -0.05) is 46.6 Å². The summed E-state index contributed by atoms with van der Waals surface area (Å²) in [6.45, 7) is 1.20. The van der Waals surface area contributed by atoms with E-state index in [-0.39, 0.29) is 11.9 Å². The van der Waals surface area contributed by atoms with Gasteiger partial charge in [-0.15, -0.1) is 0 Å². The van der Waals surface area contributed by atoms with Gasteiger partial charge >= 0.3 is 6.03 Å². The topological polar surface area (TPSA) is 71.3 Å². The van der Waals surface area contributed by atoms with E-state index in [2.05, 4.69) is 15.5 Å². The summed E-state index contributed by atoms with van der Waals surface area (Å²) in [5, 5.41) is 8.15. The van der Waals surface area contributed by atoms with Gasteiger partial charge in [-0.2, -0.15) is 4.98 Å². The van der Waals surface area contributed by atoms with E-state index in [4.69, 9.17) is 27.7 Å². The Morgan fingerprint density at radius 3 is 2.71 bits per heavy atom. The molecule has 2 aromatic carbocycles. The molecule has 1 saturated heterocycles. The van der Waals surface area contributed by atoms with Crippen molar-refractivity contribution in [2.24, 2.45) is 0 Å². The molecule has 8 heteroatoms.